The van der Waals surface area contributed by atoms with Gasteiger partial charge in [-0.25, -0.2) is 9.48 Å². The number of amides is 3. The van der Waals surface area contributed by atoms with Crippen molar-refractivity contribution in [3.8, 4) is 0 Å². The topological polar surface area (TPSA) is 97.5 Å². The van der Waals surface area contributed by atoms with Crippen LogP contribution >= 0.6 is 0 Å². The van der Waals surface area contributed by atoms with Crippen LogP contribution in [0.3, 0.4) is 0 Å². The first-order valence-electron chi connectivity index (χ1n) is 11.9. The highest BCUT2D eigenvalue weighted by molar-refractivity contribution is 6.22. The van der Waals surface area contributed by atoms with Gasteiger partial charge in [-0.3, -0.25) is 23.9 Å². The summed E-state index contributed by atoms with van der Waals surface area (Å²) < 4.78 is 3.22. The molecular weight excluding hydrogens is 446 g/mol. The predicted octanol–water partition coefficient (Wildman–Crippen LogP) is 2.12. The third-order valence-corrected chi connectivity index (χ3v) is 6.83. The van der Waals surface area contributed by atoms with Gasteiger partial charge in [0.2, 0.25) is 5.91 Å². The lowest BCUT2D eigenvalue weighted by Crippen LogP contribution is -2.45. The minimum absolute atomic E-state index is 0.0584. The Balaban J connectivity index is 1.24. The Morgan fingerprint density at radius 2 is 1.51 bits per heavy atom. The number of hydrogen-bond acceptors (Lipinski definition) is 5. The largest absolute Gasteiger partial charge is 0.346 e. The Hall–Kier alpha value is -4.01. The van der Waals surface area contributed by atoms with E-state index < -0.39 is 11.8 Å². The van der Waals surface area contributed by atoms with Gasteiger partial charge >= 0.3 is 5.69 Å². The summed E-state index contributed by atoms with van der Waals surface area (Å²) in [6, 6.07) is 16.4. The molecule has 2 aromatic carbocycles. The average Bonchev–Trinajstić information content (AvgIpc) is 3.33. The maximum absolute atomic E-state index is 12.9. The van der Waals surface area contributed by atoms with Crippen molar-refractivity contribution >= 4 is 17.7 Å². The van der Waals surface area contributed by atoms with Crippen LogP contribution in [0.2, 0.25) is 0 Å². The summed E-state index contributed by atoms with van der Waals surface area (Å²) in [6.07, 6.45) is 1.32. The second-order valence-corrected chi connectivity index (χ2v) is 8.93. The zero-order chi connectivity index (χ0) is 24.5. The monoisotopic (exact) mass is 473 g/mol. The molecule has 180 valence electrons. The van der Waals surface area contributed by atoms with Crippen LogP contribution in [0.4, 0.5) is 0 Å². The van der Waals surface area contributed by atoms with Gasteiger partial charge in [-0.2, -0.15) is 5.10 Å². The number of piperidine rings is 1. The van der Waals surface area contributed by atoms with Crippen molar-refractivity contribution < 1.29 is 14.4 Å². The van der Waals surface area contributed by atoms with Crippen LogP contribution in [0.5, 0.6) is 0 Å². The van der Waals surface area contributed by atoms with E-state index in [1.54, 1.807) is 33.7 Å². The smallest absolute Gasteiger partial charge is 0.341 e. The van der Waals surface area contributed by atoms with Gasteiger partial charge < -0.3 is 4.90 Å². The van der Waals surface area contributed by atoms with E-state index in [1.807, 2.05) is 37.3 Å². The van der Waals surface area contributed by atoms with Gasteiger partial charge in [-0.15, -0.1) is 0 Å². The fourth-order valence-corrected chi connectivity index (χ4v) is 4.92. The van der Waals surface area contributed by atoms with Crippen LogP contribution in [0.1, 0.15) is 57.8 Å². The number of imide groups is 1. The Morgan fingerprint density at radius 3 is 2.11 bits per heavy atom. The van der Waals surface area contributed by atoms with E-state index in [9.17, 15) is 19.2 Å². The van der Waals surface area contributed by atoms with Crippen molar-refractivity contribution in [2.75, 3.05) is 19.6 Å². The summed E-state index contributed by atoms with van der Waals surface area (Å²) in [4.78, 5) is 53.7. The van der Waals surface area contributed by atoms with E-state index in [2.05, 4.69) is 5.10 Å². The van der Waals surface area contributed by atoms with E-state index in [4.69, 9.17) is 0 Å². The molecule has 1 fully saturated rings. The lowest BCUT2D eigenvalue weighted by molar-refractivity contribution is -0.132. The highest BCUT2D eigenvalue weighted by Crippen LogP contribution is 2.27. The summed E-state index contributed by atoms with van der Waals surface area (Å²) in [5, 5.41) is 4.66. The quantitative estimate of drug-likeness (QED) is 0.511. The lowest BCUT2D eigenvalue weighted by atomic mass is 9.96. The first kappa shape index (κ1) is 22.8. The van der Waals surface area contributed by atoms with E-state index in [0.717, 1.165) is 16.3 Å². The first-order chi connectivity index (χ1) is 17.0. The zero-order valence-electron chi connectivity index (χ0n) is 19.6. The molecule has 3 amide bonds. The van der Waals surface area contributed by atoms with Crippen LogP contribution in [0.15, 0.2) is 59.4 Å². The van der Waals surface area contributed by atoms with Crippen LogP contribution in [-0.2, 0) is 17.9 Å². The maximum Gasteiger partial charge on any atom is 0.346 e. The fourth-order valence-electron chi connectivity index (χ4n) is 4.92. The molecule has 0 radical (unpaired) electrons. The maximum atomic E-state index is 12.9. The molecule has 35 heavy (non-hydrogen) atoms. The molecule has 9 nitrogen and oxygen atoms in total. The SMILES string of the molecule is CCn1c(C2CCN(C(=O)CN3C(=O)c4ccccc4C3=O)CC2)nn(Cc2ccccc2)c1=O. The molecule has 0 spiro atoms. The van der Waals surface area contributed by atoms with Gasteiger partial charge in [0, 0.05) is 25.6 Å². The average molecular weight is 474 g/mol. The Bertz CT molecular complexity index is 1300. The van der Waals surface area contributed by atoms with Crippen LogP contribution in [-0.4, -0.2) is 61.5 Å². The van der Waals surface area contributed by atoms with E-state index in [-0.39, 0.29) is 24.1 Å². The van der Waals surface area contributed by atoms with Crippen molar-refractivity contribution in [2.24, 2.45) is 0 Å². The number of rotatable bonds is 6. The predicted molar refractivity (Wildman–Crippen MR) is 128 cm³/mol. The Kier molecular flexibility index (Phi) is 6.07. The molecule has 0 bridgehead atoms. The van der Waals surface area contributed by atoms with Crippen molar-refractivity contribution in [2.45, 2.75) is 38.8 Å². The number of benzene rings is 2. The van der Waals surface area contributed by atoms with Gasteiger partial charge in [-0.05, 0) is 37.5 Å². The molecule has 2 aliphatic rings. The summed E-state index contributed by atoms with van der Waals surface area (Å²) in [5.74, 6) is -0.293. The highest BCUT2D eigenvalue weighted by atomic mass is 16.2. The van der Waals surface area contributed by atoms with Crippen LogP contribution in [0, 0.1) is 0 Å². The Morgan fingerprint density at radius 1 is 0.914 bits per heavy atom. The number of likely N-dealkylation sites (tertiary alicyclic amines) is 1. The van der Waals surface area contributed by atoms with Crippen molar-refractivity contribution in [1.29, 1.82) is 0 Å². The minimum Gasteiger partial charge on any atom is -0.341 e. The van der Waals surface area contributed by atoms with Crippen molar-refractivity contribution in [3.05, 3.63) is 87.6 Å². The standard InChI is InChI=1S/C26H27N5O4/c1-2-29-23(27-31(26(29)35)16-18-8-4-3-5-9-18)19-12-14-28(15-13-19)22(32)17-30-24(33)20-10-6-7-11-21(20)25(30)34/h3-11,19H,2,12-17H2,1H3. The second-order valence-electron chi connectivity index (χ2n) is 8.93. The van der Waals surface area contributed by atoms with E-state index in [0.29, 0.717) is 50.1 Å². The first-order valence-corrected chi connectivity index (χ1v) is 11.9. The third-order valence-electron chi connectivity index (χ3n) is 6.83. The van der Waals surface area contributed by atoms with Crippen molar-refractivity contribution in [1.82, 2.24) is 24.1 Å². The van der Waals surface area contributed by atoms with Crippen molar-refractivity contribution in [3.63, 3.8) is 0 Å². The molecule has 0 atom stereocenters. The fraction of sp³-hybridized carbons (Fsp3) is 0.346. The molecule has 0 saturated carbocycles. The summed E-state index contributed by atoms with van der Waals surface area (Å²) in [5.41, 5.74) is 1.56. The zero-order valence-corrected chi connectivity index (χ0v) is 19.6. The van der Waals surface area contributed by atoms with Gasteiger partial charge in [0.15, 0.2) is 0 Å². The number of hydrogen-bond donors (Lipinski definition) is 0. The minimum atomic E-state index is -0.426. The Labute approximate surface area is 202 Å². The third kappa shape index (κ3) is 4.18. The van der Waals surface area contributed by atoms with Crippen LogP contribution in [0.25, 0.3) is 0 Å². The van der Waals surface area contributed by atoms with Crippen LogP contribution < -0.4 is 5.69 Å². The summed E-state index contributed by atoms with van der Waals surface area (Å²) >= 11 is 0. The van der Waals surface area contributed by atoms with Gasteiger partial charge in [0.1, 0.15) is 12.4 Å². The number of aromatic nitrogens is 3. The molecule has 3 heterocycles. The molecule has 5 rings (SSSR count). The van der Waals surface area contributed by atoms with Gasteiger partial charge in [-0.1, -0.05) is 42.5 Å². The molecule has 1 saturated heterocycles. The molecular formula is C26H27N5O4. The molecule has 2 aliphatic heterocycles. The normalized spacial score (nSPS) is 16.1. The summed E-state index contributed by atoms with van der Waals surface area (Å²) in [6.45, 7) is 3.58. The molecule has 1 aromatic heterocycles. The molecule has 0 N–H and O–H groups in total. The number of carbonyl (C=O) groups is 3. The van der Waals surface area contributed by atoms with E-state index in [1.165, 1.54) is 4.68 Å². The number of nitrogens with zero attached hydrogens (tertiary/aromatic N) is 5. The number of fused-ring (bicyclic) bond motifs is 1. The highest BCUT2D eigenvalue weighted by Gasteiger charge is 2.37. The molecule has 3 aromatic rings. The molecule has 0 unspecified atom stereocenters. The summed E-state index contributed by atoms with van der Waals surface area (Å²) in [7, 11) is 0. The van der Waals surface area contributed by atoms with E-state index >= 15 is 0 Å². The van der Waals surface area contributed by atoms with Gasteiger partial charge in [0.05, 0.1) is 17.7 Å². The molecule has 0 aliphatic carbocycles. The molecule has 9 heteroatoms. The second kappa shape index (κ2) is 9.32. The number of carbonyl (C=O) groups excluding carboxylic acids is 3. The van der Waals surface area contributed by atoms with Gasteiger partial charge in [0.25, 0.3) is 11.8 Å². The lowest BCUT2D eigenvalue weighted by Gasteiger charge is -2.32.